The Morgan fingerprint density at radius 3 is 2.95 bits per heavy atom. The molecule has 1 aromatic heterocycles. The van der Waals surface area contributed by atoms with E-state index in [4.69, 9.17) is 16.7 Å². The molecule has 1 fully saturated rings. The Morgan fingerprint density at radius 2 is 2.32 bits per heavy atom. The highest BCUT2D eigenvalue weighted by atomic mass is 35.5. The third kappa shape index (κ3) is 3.68. The molecule has 1 amide bonds. The Morgan fingerprint density at radius 1 is 1.58 bits per heavy atom. The molecule has 0 saturated heterocycles. The van der Waals surface area contributed by atoms with E-state index in [9.17, 15) is 9.59 Å². The third-order valence-electron chi connectivity index (χ3n) is 2.68. The Bertz CT molecular complexity index is 527. The van der Waals surface area contributed by atoms with Crippen LogP contribution in [0.5, 0.6) is 0 Å². The number of anilines is 1. The molecule has 1 saturated carbocycles. The lowest BCUT2D eigenvalue weighted by Gasteiger charge is -2.09. The van der Waals surface area contributed by atoms with E-state index in [0.717, 1.165) is 17.5 Å². The van der Waals surface area contributed by atoms with Crippen LogP contribution in [0.2, 0.25) is 5.02 Å². The summed E-state index contributed by atoms with van der Waals surface area (Å²) in [7, 11) is 0. The fourth-order valence-electron chi connectivity index (χ4n) is 1.52. The first-order chi connectivity index (χ1) is 9.11. The van der Waals surface area contributed by atoms with Crippen molar-refractivity contribution in [1.29, 1.82) is 0 Å². The highest BCUT2D eigenvalue weighted by Crippen LogP contribution is 2.18. The van der Waals surface area contributed by atoms with Gasteiger partial charge in [0.2, 0.25) is 5.91 Å². The lowest BCUT2D eigenvalue weighted by atomic mass is 10.4. The number of aliphatic hydroxyl groups is 1. The largest absolute Gasteiger partial charge is 0.394 e. The van der Waals surface area contributed by atoms with Crippen LogP contribution in [0.3, 0.4) is 0 Å². The Labute approximate surface area is 114 Å². The first kappa shape index (κ1) is 13.8. The highest BCUT2D eigenvalue weighted by molar-refractivity contribution is 6.33. The number of amides is 1. The second-order valence-electron chi connectivity index (χ2n) is 4.32. The van der Waals surface area contributed by atoms with Gasteiger partial charge in [-0.25, -0.2) is 4.68 Å². The van der Waals surface area contributed by atoms with Crippen molar-refractivity contribution >= 4 is 23.2 Å². The summed E-state index contributed by atoms with van der Waals surface area (Å²) in [6.07, 6.45) is 3.40. The van der Waals surface area contributed by atoms with Crippen LogP contribution < -0.4 is 16.2 Å². The van der Waals surface area contributed by atoms with Gasteiger partial charge >= 0.3 is 0 Å². The normalized spacial score (nSPS) is 14.2. The number of aliphatic hydroxyl groups excluding tert-OH is 1. The molecular formula is C11H15ClN4O3. The van der Waals surface area contributed by atoms with Crippen molar-refractivity contribution in [2.75, 3.05) is 18.5 Å². The number of halogens is 1. The zero-order valence-corrected chi connectivity index (χ0v) is 11.0. The lowest BCUT2D eigenvalue weighted by Crippen LogP contribution is -2.32. The van der Waals surface area contributed by atoms with E-state index in [0.29, 0.717) is 11.7 Å². The summed E-state index contributed by atoms with van der Waals surface area (Å²) in [5, 5.41) is 18.1. The Balaban J connectivity index is 1.98. The number of aromatic nitrogens is 2. The predicted molar refractivity (Wildman–Crippen MR) is 70.2 cm³/mol. The maximum absolute atomic E-state index is 11.7. The number of rotatable bonds is 6. The minimum atomic E-state index is -0.497. The molecule has 0 aliphatic heterocycles. The molecule has 0 atom stereocenters. The second-order valence-corrected chi connectivity index (χ2v) is 4.70. The summed E-state index contributed by atoms with van der Waals surface area (Å²) in [5.74, 6) is -0.141. The summed E-state index contributed by atoms with van der Waals surface area (Å²) in [6, 6.07) is 0.292. The topological polar surface area (TPSA) is 96.2 Å². The molecule has 1 aliphatic carbocycles. The van der Waals surface area contributed by atoms with E-state index in [1.165, 1.54) is 6.20 Å². The summed E-state index contributed by atoms with van der Waals surface area (Å²) in [6.45, 7) is -0.0673. The van der Waals surface area contributed by atoms with Gasteiger partial charge in [-0.3, -0.25) is 9.59 Å². The van der Waals surface area contributed by atoms with Crippen molar-refractivity contribution in [2.24, 2.45) is 0 Å². The molecule has 0 aromatic carbocycles. The molecule has 1 aliphatic rings. The van der Waals surface area contributed by atoms with Crippen molar-refractivity contribution < 1.29 is 9.90 Å². The first-order valence-electron chi connectivity index (χ1n) is 6.01. The standard InChI is InChI=1S/C11H15ClN4O3/c12-10-8(5-14-16(3-4-17)11(10)19)13-6-9(18)15-7-1-2-7/h5,7,13,17H,1-4,6H2,(H,15,18). The molecule has 2 rings (SSSR count). The number of carbonyl (C=O) groups is 1. The monoisotopic (exact) mass is 286 g/mol. The van der Waals surface area contributed by atoms with E-state index in [-0.39, 0.29) is 30.6 Å². The number of nitrogens with one attached hydrogen (secondary N) is 2. The van der Waals surface area contributed by atoms with Crippen molar-refractivity contribution in [2.45, 2.75) is 25.4 Å². The predicted octanol–water partition coefficient (Wildman–Crippen LogP) is -0.421. The molecule has 19 heavy (non-hydrogen) atoms. The Hall–Kier alpha value is -1.60. The summed E-state index contributed by atoms with van der Waals surface area (Å²) < 4.78 is 1.07. The summed E-state index contributed by atoms with van der Waals surface area (Å²) in [5.41, 5.74) is -0.185. The molecule has 7 nitrogen and oxygen atoms in total. The highest BCUT2D eigenvalue weighted by Gasteiger charge is 2.23. The maximum atomic E-state index is 11.7. The van der Waals surface area contributed by atoms with Gasteiger partial charge in [0, 0.05) is 6.04 Å². The van der Waals surface area contributed by atoms with E-state index in [2.05, 4.69) is 15.7 Å². The fourth-order valence-corrected chi connectivity index (χ4v) is 1.74. The van der Waals surface area contributed by atoms with Crippen molar-refractivity contribution in [3.8, 4) is 0 Å². The van der Waals surface area contributed by atoms with Crippen LogP contribution in [-0.2, 0) is 11.3 Å². The summed E-state index contributed by atoms with van der Waals surface area (Å²) in [4.78, 5) is 23.2. The van der Waals surface area contributed by atoms with Gasteiger partial charge in [-0.1, -0.05) is 11.6 Å². The number of hydrogen-bond donors (Lipinski definition) is 3. The Kier molecular flexibility index (Phi) is 4.39. The molecule has 8 heteroatoms. The summed E-state index contributed by atoms with van der Waals surface area (Å²) >= 11 is 5.89. The zero-order chi connectivity index (χ0) is 13.8. The number of hydrogen-bond acceptors (Lipinski definition) is 5. The number of nitrogens with zero attached hydrogens (tertiary/aromatic N) is 2. The quantitative estimate of drug-likeness (QED) is 0.660. The van der Waals surface area contributed by atoms with Crippen LogP contribution in [0.25, 0.3) is 0 Å². The number of carbonyl (C=O) groups excluding carboxylic acids is 1. The molecule has 1 heterocycles. The first-order valence-corrected chi connectivity index (χ1v) is 6.39. The van der Waals surface area contributed by atoms with E-state index in [1.54, 1.807) is 0 Å². The SMILES string of the molecule is O=C(CNc1cnn(CCO)c(=O)c1Cl)NC1CC1. The van der Waals surface area contributed by atoms with Crippen LogP contribution in [0.15, 0.2) is 11.0 Å². The lowest BCUT2D eigenvalue weighted by molar-refractivity contribution is -0.119. The van der Waals surface area contributed by atoms with Gasteiger partial charge < -0.3 is 15.7 Å². The van der Waals surface area contributed by atoms with Gasteiger partial charge in [-0.05, 0) is 12.8 Å². The van der Waals surface area contributed by atoms with E-state index >= 15 is 0 Å². The van der Waals surface area contributed by atoms with E-state index in [1.807, 2.05) is 0 Å². The van der Waals surface area contributed by atoms with Gasteiger partial charge in [0.25, 0.3) is 5.56 Å². The molecule has 0 unspecified atom stereocenters. The van der Waals surface area contributed by atoms with Crippen LogP contribution in [0.4, 0.5) is 5.69 Å². The second kappa shape index (κ2) is 6.03. The molecular weight excluding hydrogens is 272 g/mol. The molecule has 1 aromatic rings. The molecule has 0 bridgehead atoms. The molecule has 3 N–H and O–H groups in total. The zero-order valence-electron chi connectivity index (χ0n) is 10.2. The van der Waals surface area contributed by atoms with Crippen LogP contribution in [0.1, 0.15) is 12.8 Å². The minimum absolute atomic E-state index is 0.0392. The maximum Gasteiger partial charge on any atom is 0.287 e. The van der Waals surface area contributed by atoms with Gasteiger partial charge in [0.05, 0.1) is 31.6 Å². The van der Waals surface area contributed by atoms with Crippen LogP contribution in [-0.4, -0.2) is 40.0 Å². The van der Waals surface area contributed by atoms with Crippen LogP contribution in [0, 0.1) is 0 Å². The van der Waals surface area contributed by atoms with Gasteiger partial charge in [-0.15, -0.1) is 0 Å². The van der Waals surface area contributed by atoms with Gasteiger partial charge in [0.1, 0.15) is 5.02 Å². The van der Waals surface area contributed by atoms with Crippen molar-refractivity contribution in [3.05, 3.63) is 21.6 Å². The van der Waals surface area contributed by atoms with Gasteiger partial charge in [-0.2, -0.15) is 5.10 Å². The fraction of sp³-hybridized carbons (Fsp3) is 0.545. The van der Waals surface area contributed by atoms with Crippen LogP contribution >= 0.6 is 11.6 Å². The molecule has 0 spiro atoms. The van der Waals surface area contributed by atoms with E-state index < -0.39 is 5.56 Å². The van der Waals surface area contributed by atoms with Crippen molar-refractivity contribution in [1.82, 2.24) is 15.1 Å². The average molecular weight is 287 g/mol. The van der Waals surface area contributed by atoms with Gasteiger partial charge in [0.15, 0.2) is 0 Å². The molecule has 0 radical (unpaired) electrons. The third-order valence-corrected chi connectivity index (χ3v) is 3.04. The average Bonchev–Trinajstić information content (AvgIpc) is 3.18. The molecule has 104 valence electrons. The smallest absolute Gasteiger partial charge is 0.287 e. The van der Waals surface area contributed by atoms with Crippen molar-refractivity contribution in [3.63, 3.8) is 0 Å². The minimum Gasteiger partial charge on any atom is -0.394 e.